The third-order valence-electron chi connectivity index (χ3n) is 2.08. The van der Waals surface area contributed by atoms with E-state index in [4.69, 9.17) is 9.57 Å². The van der Waals surface area contributed by atoms with E-state index in [9.17, 15) is 8.42 Å². The van der Waals surface area contributed by atoms with Crippen LogP contribution in [0.25, 0.3) is 0 Å². The second kappa shape index (κ2) is 7.39. The predicted molar refractivity (Wildman–Crippen MR) is 64.9 cm³/mol. The van der Waals surface area contributed by atoms with Gasteiger partial charge in [0, 0.05) is 7.11 Å². The molecular formula is C11H17NO4S. The van der Waals surface area contributed by atoms with E-state index >= 15 is 0 Å². The molecule has 6 heteroatoms. The van der Waals surface area contributed by atoms with Gasteiger partial charge in [0.1, 0.15) is 0 Å². The standard InChI is InChI=1S/C11H17NO4S/c1-15-8-9-16-12-17(13,14)10-7-11-5-3-2-4-6-11/h2-6,12H,7-10H2,1H3. The molecule has 0 aliphatic rings. The van der Waals surface area contributed by atoms with E-state index in [2.05, 4.69) is 4.89 Å². The van der Waals surface area contributed by atoms with Crippen LogP contribution < -0.4 is 4.89 Å². The summed E-state index contributed by atoms with van der Waals surface area (Å²) in [4.78, 5) is 6.82. The van der Waals surface area contributed by atoms with E-state index in [0.717, 1.165) is 5.56 Å². The number of sulfonamides is 1. The van der Waals surface area contributed by atoms with Crippen LogP contribution in [-0.2, 0) is 26.0 Å². The van der Waals surface area contributed by atoms with E-state index in [-0.39, 0.29) is 12.4 Å². The van der Waals surface area contributed by atoms with Crippen LogP contribution in [0.5, 0.6) is 0 Å². The largest absolute Gasteiger partial charge is 0.382 e. The number of rotatable bonds is 8. The van der Waals surface area contributed by atoms with Crippen LogP contribution in [0.3, 0.4) is 0 Å². The van der Waals surface area contributed by atoms with E-state index in [0.29, 0.717) is 13.0 Å². The molecule has 0 radical (unpaired) electrons. The topological polar surface area (TPSA) is 64.6 Å². The molecule has 0 heterocycles. The minimum absolute atomic E-state index is 0.00396. The van der Waals surface area contributed by atoms with E-state index in [1.165, 1.54) is 7.11 Å². The van der Waals surface area contributed by atoms with Gasteiger partial charge in [-0.3, -0.25) is 4.84 Å². The van der Waals surface area contributed by atoms with Crippen LogP contribution >= 0.6 is 0 Å². The maximum atomic E-state index is 11.5. The molecule has 1 aromatic carbocycles. The third kappa shape index (κ3) is 6.38. The molecule has 0 aromatic heterocycles. The zero-order chi connectivity index (χ0) is 12.6. The maximum Gasteiger partial charge on any atom is 0.233 e. The summed E-state index contributed by atoms with van der Waals surface area (Å²) >= 11 is 0. The molecular weight excluding hydrogens is 242 g/mol. The Balaban J connectivity index is 2.30. The highest BCUT2D eigenvalue weighted by molar-refractivity contribution is 7.89. The molecule has 0 saturated heterocycles. The fourth-order valence-electron chi connectivity index (χ4n) is 1.20. The number of ether oxygens (including phenoxy) is 1. The molecule has 0 saturated carbocycles. The monoisotopic (exact) mass is 259 g/mol. The molecule has 5 nitrogen and oxygen atoms in total. The van der Waals surface area contributed by atoms with E-state index in [1.54, 1.807) is 0 Å². The lowest BCUT2D eigenvalue weighted by Crippen LogP contribution is -2.28. The van der Waals surface area contributed by atoms with Crippen molar-refractivity contribution >= 4 is 10.0 Å². The third-order valence-corrected chi connectivity index (χ3v) is 3.19. The molecule has 0 aliphatic carbocycles. The van der Waals surface area contributed by atoms with Crippen LogP contribution in [0.15, 0.2) is 30.3 Å². The zero-order valence-corrected chi connectivity index (χ0v) is 10.6. The molecule has 0 unspecified atom stereocenters. The van der Waals surface area contributed by atoms with Gasteiger partial charge in [-0.05, 0) is 12.0 Å². The zero-order valence-electron chi connectivity index (χ0n) is 9.76. The van der Waals surface area contributed by atoms with Gasteiger partial charge in [0.2, 0.25) is 10.0 Å². The van der Waals surface area contributed by atoms with Crippen LogP contribution in [-0.4, -0.2) is 34.5 Å². The normalized spacial score (nSPS) is 11.6. The lowest BCUT2D eigenvalue weighted by molar-refractivity contribution is 0.0439. The van der Waals surface area contributed by atoms with Crippen molar-refractivity contribution in [3.63, 3.8) is 0 Å². The molecule has 0 aliphatic heterocycles. The van der Waals surface area contributed by atoms with Crippen LogP contribution in [0.2, 0.25) is 0 Å². The van der Waals surface area contributed by atoms with Gasteiger partial charge in [-0.2, -0.15) is 0 Å². The second-order valence-electron chi connectivity index (χ2n) is 3.48. The van der Waals surface area contributed by atoms with E-state index in [1.807, 2.05) is 30.3 Å². The first-order chi connectivity index (χ1) is 8.14. The lowest BCUT2D eigenvalue weighted by Gasteiger charge is -2.06. The molecule has 1 aromatic rings. The summed E-state index contributed by atoms with van der Waals surface area (Å²) in [5.74, 6) is 0.00396. The van der Waals surface area contributed by atoms with E-state index < -0.39 is 10.0 Å². The second-order valence-corrected chi connectivity index (χ2v) is 5.28. The molecule has 0 atom stereocenters. The number of benzene rings is 1. The van der Waals surface area contributed by atoms with Gasteiger partial charge in [0.15, 0.2) is 0 Å². The van der Waals surface area contributed by atoms with Crippen LogP contribution in [0.1, 0.15) is 5.56 Å². The van der Waals surface area contributed by atoms with Crippen molar-refractivity contribution in [3.05, 3.63) is 35.9 Å². The summed E-state index contributed by atoms with van der Waals surface area (Å²) in [6.45, 7) is 0.544. The summed E-state index contributed by atoms with van der Waals surface area (Å²) in [7, 11) is -1.87. The Hall–Kier alpha value is -0.950. The quantitative estimate of drug-likeness (QED) is 0.552. The van der Waals surface area contributed by atoms with Crippen molar-refractivity contribution in [2.45, 2.75) is 6.42 Å². The highest BCUT2D eigenvalue weighted by Crippen LogP contribution is 2.01. The average molecular weight is 259 g/mol. The summed E-state index contributed by atoms with van der Waals surface area (Å²) in [5.41, 5.74) is 0.981. The molecule has 0 amide bonds. The molecule has 17 heavy (non-hydrogen) atoms. The predicted octanol–water partition coefficient (Wildman–Crippen LogP) is 0.726. The Labute approximate surface area is 102 Å². The highest BCUT2D eigenvalue weighted by atomic mass is 32.2. The Kier molecular flexibility index (Phi) is 6.13. The van der Waals surface area contributed by atoms with Gasteiger partial charge in [-0.1, -0.05) is 35.2 Å². The number of nitrogens with one attached hydrogen (secondary N) is 1. The number of hydrogen-bond acceptors (Lipinski definition) is 4. The van der Waals surface area contributed by atoms with Gasteiger partial charge in [0.05, 0.1) is 19.0 Å². The molecule has 0 fully saturated rings. The Morgan fingerprint density at radius 3 is 2.53 bits per heavy atom. The highest BCUT2D eigenvalue weighted by Gasteiger charge is 2.09. The molecule has 1 rings (SSSR count). The van der Waals surface area contributed by atoms with Crippen molar-refractivity contribution in [1.82, 2.24) is 4.89 Å². The first-order valence-electron chi connectivity index (χ1n) is 5.28. The fraction of sp³-hybridized carbons (Fsp3) is 0.455. The minimum atomic E-state index is -3.39. The Morgan fingerprint density at radius 1 is 1.18 bits per heavy atom. The van der Waals surface area contributed by atoms with Crippen molar-refractivity contribution in [2.75, 3.05) is 26.1 Å². The average Bonchev–Trinajstić information content (AvgIpc) is 2.34. The van der Waals surface area contributed by atoms with Gasteiger partial charge < -0.3 is 4.74 Å². The van der Waals surface area contributed by atoms with Gasteiger partial charge in [-0.25, -0.2) is 8.42 Å². The summed E-state index contributed by atoms with van der Waals surface area (Å²) in [6, 6.07) is 9.43. The summed E-state index contributed by atoms with van der Waals surface area (Å²) in [5, 5.41) is 0. The molecule has 96 valence electrons. The van der Waals surface area contributed by atoms with Gasteiger partial charge >= 0.3 is 0 Å². The smallest absolute Gasteiger partial charge is 0.233 e. The number of methoxy groups -OCH3 is 1. The van der Waals surface area contributed by atoms with Crippen molar-refractivity contribution < 1.29 is 18.0 Å². The molecule has 1 N–H and O–H groups in total. The van der Waals surface area contributed by atoms with Crippen molar-refractivity contribution in [1.29, 1.82) is 0 Å². The fourth-order valence-corrected chi connectivity index (χ4v) is 2.05. The van der Waals surface area contributed by atoms with Crippen LogP contribution in [0, 0.1) is 0 Å². The maximum absolute atomic E-state index is 11.5. The minimum Gasteiger partial charge on any atom is -0.382 e. The molecule has 0 bridgehead atoms. The SMILES string of the molecule is COCCONS(=O)(=O)CCc1ccccc1. The van der Waals surface area contributed by atoms with Crippen molar-refractivity contribution in [2.24, 2.45) is 0 Å². The first kappa shape index (κ1) is 14.1. The summed E-state index contributed by atoms with van der Waals surface area (Å²) < 4.78 is 27.7. The number of aryl methyl sites for hydroxylation is 1. The molecule has 0 spiro atoms. The summed E-state index contributed by atoms with van der Waals surface area (Å²) in [6.07, 6.45) is 0.462. The Morgan fingerprint density at radius 2 is 1.88 bits per heavy atom. The van der Waals surface area contributed by atoms with Gasteiger partial charge in [0.25, 0.3) is 0 Å². The number of hydrogen-bond donors (Lipinski definition) is 1. The van der Waals surface area contributed by atoms with Crippen molar-refractivity contribution in [3.8, 4) is 0 Å². The lowest BCUT2D eigenvalue weighted by atomic mass is 10.2. The Bertz CT molecular complexity index is 405. The van der Waals surface area contributed by atoms with Gasteiger partial charge in [-0.15, -0.1) is 0 Å². The van der Waals surface area contributed by atoms with Crippen LogP contribution in [0.4, 0.5) is 0 Å². The first-order valence-corrected chi connectivity index (χ1v) is 6.93.